The van der Waals surface area contributed by atoms with Gasteiger partial charge in [0.1, 0.15) is 0 Å². The minimum Gasteiger partial charge on any atom is -0.310 e. The highest BCUT2D eigenvalue weighted by molar-refractivity contribution is 5.85. The molecule has 0 spiro atoms. The maximum Gasteiger partial charge on any atom is 0.163 e. The van der Waals surface area contributed by atoms with Gasteiger partial charge in [0.25, 0.3) is 0 Å². The smallest absolute Gasteiger partial charge is 0.163 e. The van der Waals surface area contributed by atoms with Crippen molar-refractivity contribution in [3.8, 4) is 0 Å². The molecule has 0 saturated carbocycles. The van der Waals surface area contributed by atoms with E-state index in [2.05, 4.69) is 5.32 Å². The SMILES string of the molecule is Cc1ccc([C@H]2CCCN2)c(F)c1F.Cl. The van der Waals surface area contributed by atoms with Crippen LogP contribution in [0.25, 0.3) is 0 Å². The van der Waals surface area contributed by atoms with Crippen molar-refractivity contribution >= 4 is 12.4 Å². The van der Waals surface area contributed by atoms with Crippen LogP contribution < -0.4 is 5.32 Å². The van der Waals surface area contributed by atoms with E-state index in [1.165, 1.54) is 0 Å². The fourth-order valence-electron chi connectivity index (χ4n) is 1.88. The zero-order chi connectivity index (χ0) is 10.1. The van der Waals surface area contributed by atoms with Crippen molar-refractivity contribution in [3.05, 3.63) is 34.9 Å². The molecule has 1 nitrogen and oxygen atoms in total. The third kappa shape index (κ3) is 2.29. The van der Waals surface area contributed by atoms with Crippen LogP contribution in [0.5, 0.6) is 0 Å². The summed E-state index contributed by atoms with van der Waals surface area (Å²) in [5.41, 5.74) is 0.829. The maximum atomic E-state index is 13.5. The van der Waals surface area contributed by atoms with Crippen molar-refractivity contribution in [2.75, 3.05) is 6.54 Å². The zero-order valence-electron chi connectivity index (χ0n) is 8.52. The zero-order valence-corrected chi connectivity index (χ0v) is 9.33. The molecule has 1 fully saturated rings. The van der Waals surface area contributed by atoms with Crippen LogP contribution in [0, 0.1) is 18.6 Å². The maximum absolute atomic E-state index is 13.5. The van der Waals surface area contributed by atoms with Gasteiger partial charge in [-0.15, -0.1) is 12.4 Å². The van der Waals surface area contributed by atoms with Gasteiger partial charge in [0.15, 0.2) is 11.6 Å². The molecule has 1 saturated heterocycles. The van der Waals surface area contributed by atoms with Crippen LogP contribution in [0.1, 0.15) is 30.0 Å². The Morgan fingerprint density at radius 1 is 1.27 bits per heavy atom. The van der Waals surface area contributed by atoms with E-state index in [9.17, 15) is 8.78 Å². The van der Waals surface area contributed by atoms with Crippen molar-refractivity contribution in [1.82, 2.24) is 5.32 Å². The predicted octanol–water partition coefficient (Wildman–Crippen LogP) is 3.12. The van der Waals surface area contributed by atoms with Gasteiger partial charge in [0, 0.05) is 11.6 Å². The molecule has 2 rings (SSSR count). The first kappa shape index (κ1) is 12.4. The van der Waals surface area contributed by atoms with Crippen LogP contribution in [-0.4, -0.2) is 6.54 Å². The van der Waals surface area contributed by atoms with E-state index < -0.39 is 11.6 Å². The number of hydrogen-bond acceptors (Lipinski definition) is 1. The van der Waals surface area contributed by atoms with Crippen molar-refractivity contribution in [2.45, 2.75) is 25.8 Å². The lowest BCUT2D eigenvalue weighted by molar-refractivity contribution is 0.476. The van der Waals surface area contributed by atoms with E-state index in [0.29, 0.717) is 11.1 Å². The fourth-order valence-corrected chi connectivity index (χ4v) is 1.88. The Bertz CT molecular complexity index is 349. The highest BCUT2D eigenvalue weighted by atomic mass is 35.5. The molecule has 0 aliphatic carbocycles. The third-order valence-electron chi connectivity index (χ3n) is 2.74. The molecule has 1 heterocycles. The number of nitrogens with one attached hydrogen (secondary N) is 1. The van der Waals surface area contributed by atoms with Gasteiger partial charge in [-0.1, -0.05) is 12.1 Å². The molecule has 0 amide bonds. The summed E-state index contributed by atoms with van der Waals surface area (Å²) in [6.07, 6.45) is 1.92. The molecule has 0 aromatic heterocycles. The lowest BCUT2D eigenvalue weighted by atomic mass is 10.0. The number of aryl methyl sites for hydroxylation is 1. The first-order valence-corrected chi connectivity index (χ1v) is 4.88. The molecular weight excluding hydrogens is 220 g/mol. The molecule has 1 aliphatic heterocycles. The number of benzene rings is 1. The first-order chi connectivity index (χ1) is 6.70. The van der Waals surface area contributed by atoms with Crippen molar-refractivity contribution in [1.29, 1.82) is 0 Å². The van der Waals surface area contributed by atoms with Crippen LogP contribution in [0.3, 0.4) is 0 Å². The highest BCUT2D eigenvalue weighted by Crippen LogP contribution is 2.27. The molecule has 0 bridgehead atoms. The molecule has 1 aromatic carbocycles. The quantitative estimate of drug-likeness (QED) is 0.786. The van der Waals surface area contributed by atoms with E-state index in [-0.39, 0.29) is 18.4 Å². The highest BCUT2D eigenvalue weighted by Gasteiger charge is 2.21. The Morgan fingerprint density at radius 2 is 2.00 bits per heavy atom. The van der Waals surface area contributed by atoms with Crippen molar-refractivity contribution < 1.29 is 8.78 Å². The lowest BCUT2D eigenvalue weighted by Gasteiger charge is -2.12. The molecule has 0 radical (unpaired) electrons. The van der Waals surface area contributed by atoms with E-state index in [1.807, 2.05) is 0 Å². The van der Waals surface area contributed by atoms with Crippen LogP contribution in [0.2, 0.25) is 0 Å². The summed E-state index contributed by atoms with van der Waals surface area (Å²) < 4.78 is 26.7. The minimum absolute atomic E-state index is 0. The number of hydrogen-bond donors (Lipinski definition) is 1. The van der Waals surface area contributed by atoms with Crippen LogP contribution in [-0.2, 0) is 0 Å². The van der Waals surface area contributed by atoms with E-state index in [4.69, 9.17) is 0 Å². The standard InChI is InChI=1S/C11H13F2N.ClH/c1-7-4-5-8(11(13)10(7)12)9-3-2-6-14-9;/h4-5,9,14H,2-3,6H2,1H3;1H/t9-;/m1./s1. The number of halogens is 3. The van der Waals surface area contributed by atoms with Gasteiger partial charge in [0.05, 0.1) is 0 Å². The second kappa shape index (κ2) is 4.90. The van der Waals surface area contributed by atoms with E-state index in [1.54, 1.807) is 19.1 Å². The normalized spacial score (nSPS) is 20.1. The summed E-state index contributed by atoms with van der Waals surface area (Å²) in [5, 5.41) is 3.15. The van der Waals surface area contributed by atoms with Crippen molar-refractivity contribution in [2.24, 2.45) is 0 Å². The Labute approximate surface area is 94.3 Å². The van der Waals surface area contributed by atoms with Gasteiger partial charge in [-0.2, -0.15) is 0 Å². The van der Waals surface area contributed by atoms with Gasteiger partial charge in [-0.25, -0.2) is 8.78 Å². The van der Waals surface area contributed by atoms with Crippen LogP contribution in [0.15, 0.2) is 12.1 Å². The minimum atomic E-state index is -0.712. The summed E-state index contributed by atoms with van der Waals surface area (Å²) in [6, 6.07) is 3.30. The average Bonchev–Trinajstić information content (AvgIpc) is 2.67. The number of rotatable bonds is 1. The molecular formula is C11H14ClF2N. The Kier molecular flexibility index (Phi) is 4.05. The van der Waals surface area contributed by atoms with E-state index >= 15 is 0 Å². The van der Waals surface area contributed by atoms with Crippen LogP contribution >= 0.6 is 12.4 Å². The molecule has 1 N–H and O–H groups in total. The molecule has 1 atom stereocenters. The van der Waals surface area contributed by atoms with Gasteiger partial charge < -0.3 is 5.32 Å². The predicted molar refractivity (Wildman–Crippen MR) is 58.3 cm³/mol. The molecule has 15 heavy (non-hydrogen) atoms. The van der Waals surface area contributed by atoms with E-state index in [0.717, 1.165) is 19.4 Å². The molecule has 4 heteroatoms. The summed E-state index contributed by atoms with van der Waals surface area (Å²) in [5.74, 6) is -1.40. The third-order valence-corrected chi connectivity index (χ3v) is 2.74. The van der Waals surface area contributed by atoms with Gasteiger partial charge in [-0.3, -0.25) is 0 Å². The van der Waals surface area contributed by atoms with Crippen LogP contribution in [0.4, 0.5) is 8.78 Å². The first-order valence-electron chi connectivity index (χ1n) is 4.88. The average molecular weight is 234 g/mol. The van der Waals surface area contributed by atoms with Crippen molar-refractivity contribution in [3.63, 3.8) is 0 Å². The fraction of sp³-hybridized carbons (Fsp3) is 0.455. The Morgan fingerprint density at radius 3 is 2.60 bits per heavy atom. The Hall–Kier alpha value is -0.670. The molecule has 1 aromatic rings. The molecule has 0 unspecified atom stereocenters. The summed E-state index contributed by atoms with van der Waals surface area (Å²) in [6.45, 7) is 2.46. The van der Waals surface area contributed by atoms with Gasteiger partial charge in [0.2, 0.25) is 0 Å². The summed E-state index contributed by atoms with van der Waals surface area (Å²) in [7, 11) is 0. The molecule has 84 valence electrons. The van der Waals surface area contributed by atoms with Gasteiger partial charge >= 0.3 is 0 Å². The molecule has 1 aliphatic rings. The summed E-state index contributed by atoms with van der Waals surface area (Å²) in [4.78, 5) is 0. The summed E-state index contributed by atoms with van der Waals surface area (Å²) >= 11 is 0. The topological polar surface area (TPSA) is 12.0 Å². The monoisotopic (exact) mass is 233 g/mol. The second-order valence-electron chi connectivity index (χ2n) is 3.75. The lowest BCUT2D eigenvalue weighted by Crippen LogP contribution is -2.15. The largest absolute Gasteiger partial charge is 0.310 e. The van der Waals surface area contributed by atoms with Gasteiger partial charge in [-0.05, 0) is 31.9 Å². The Balaban J connectivity index is 0.00000112. The second-order valence-corrected chi connectivity index (χ2v) is 3.75.